The van der Waals surface area contributed by atoms with E-state index in [2.05, 4.69) is 42.6 Å². The number of hydrogen-bond acceptors (Lipinski definition) is 3. The van der Waals surface area contributed by atoms with Gasteiger partial charge in [-0.2, -0.15) is 0 Å². The molecule has 176 valence electrons. The Hall–Kier alpha value is -3.57. The van der Waals surface area contributed by atoms with Crippen molar-refractivity contribution in [3.8, 4) is 5.75 Å². The van der Waals surface area contributed by atoms with Crippen molar-refractivity contribution in [3.63, 3.8) is 0 Å². The summed E-state index contributed by atoms with van der Waals surface area (Å²) in [6.07, 6.45) is 1.97. The third-order valence-electron chi connectivity index (χ3n) is 6.36. The Morgan fingerprint density at radius 1 is 1.03 bits per heavy atom. The summed E-state index contributed by atoms with van der Waals surface area (Å²) in [7, 11) is 1.64. The first-order valence-corrected chi connectivity index (χ1v) is 11.7. The number of fused-ring (bicyclic) bond motifs is 1. The van der Waals surface area contributed by atoms with Gasteiger partial charge in [-0.05, 0) is 61.6 Å². The van der Waals surface area contributed by atoms with Crippen LogP contribution in [-0.4, -0.2) is 28.8 Å². The first-order chi connectivity index (χ1) is 16.5. The molecule has 0 saturated heterocycles. The molecule has 0 aliphatic rings. The van der Waals surface area contributed by atoms with Crippen molar-refractivity contribution in [1.29, 1.82) is 0 Å². The molecule has 34 heavy (non-hydrogen) atoms. The molecule has 5 nitrogen and oxygen atoms in total. The topological polar surface area (TPSA) is 63.5 Å². The molecule has 2 N–H and O–H groups in total. The van der Waals surface area contributed by atoms with E-state index in [-0.39, 0.29) is 6.04 Å². The number of benzene rings is 3. The third-order valence-corrected chi connectivity index (χ3v) is 6.36. The molecule has 1 heterocycles. The van der Waals surface area contributed by atoms with Gasteiger partial charge in [-0.3, -0.25) is 0 Å². The zero-order chi connectivity index (χ0) is 24.1. The zero-order valence-corrected chi connectivity index (χ0v) is 20.0. The number of nitrogens with zero attached hydrogens (tertiary/aromatic N) is 1. The van der Waals surface area contributed by atoms with Gasteiger partial charge in [0.2, 0.25) is 0 Å². The van der Waals surface area contributed by atoms with Gasteiger partial charge >= 0.3 is 5.97 Å². The maximum Gasteiger partial charge on any atom is 0.352 e. The minimum absolute atomic E-state index is 0.257. The van der Waals surface area contributed by atoms with Gasteiger partial charge in [-0.15, -0.1) is 0 Å². The molecule has 0 saturated carbocycles. The van der Waals surface area contributed by atoms with E-state index in [0.717, 1.165) is 46.2 Å². The first-order valence-electron chi connectivity index (χ1n) is 11.7. The summed E-state index contributed by atoms with van der Waals surface area (Å²) >= 11 is 0. The Labute approximate surface area is 201 Å². The van der Waals surface area contributed by atoms with Crippen LogP contribution < -0.4 is 10.1 Å². The molecule has 0 fully saturated rings. The Bertz CT molecular complexity index is 1260. The van der Waals surface area contributed by atoms with E-state index >= 15 is 0 Å². The average molecular weight is 457 g/mol. The number of nitrogens with one attached hydrogen (secondary N) is 1. The normalized spacial score (nSPS) is 12.1. The van der Waals surface area contributed by atoms with E-state index < -0.39 is 5.97 Å². The molecular weight excluding hydrogens is 424 g/mol. The number of carboxylic acids is 1. The molecule has 5 heteroatoms. The van der Waals surface area contributed by atoms with Crippen molar-refractivity contribution in [2.45, 2.75) is 45.8 Å². The number of methoxy groups -OCH3 is 1. The minimum atomic E-state index is -0.906. The summed E-state index contributed by atoms with van der Waals surface area (Å²) < 4.78 is 7.19. The summed E-state index contributed by atoms with van der Waals surface area (Å²) in [6, 6.07) is 24.6. The lowest BCUT2D eigenvalue weighted by molar-refractivity contribution is 0.0684. The second kappa shape index (κ2) is 10.6. The van der Waals surface area contributed by atoms with Crippen LogP contribution in [0.4, 0.5) is 0 Å². The Kier molecular flexibility index (Phi) is 7.33. The minimum Gasteiger partial charge on any atom is -0.497 e. The summed E-state index contributed by atoms with van der Waals surface area (Å²) in [5.74, 6) is -0.124. The van der Waals surface area contributed by atoms with Crippen LogP contribution >= 0.6 is 0 Å². The van der Waals surface area contributed by atoms with Crippen LogP contribution in [-0.2, 0) is 19.5 Å². The van der Waals surface area contributed by atoms with Crippen LogP contribution in [0.3, 0.4) is 0 Å². The predicted octanol–water partition coefficient (Wildman–Crippen LogP) is 5.82. The highest BCUT2D eigenvalue weighted by Gasteiger charge is 2.23. The highest BCUT2D eigenvalue weighted by atomic mass is 16.5. The van der Waals surface area contributed by atoms with Crippen molar-refractivity contribution in [2.75, 3.05) is 7.11 Å². The second-order valence-corrected chi connectivity index (χ2v) is 8.89. The molecular formula is C29H32N2O3. The van der Waals surface area contributed by atoms with E-state index in [1.54, 1.807) is 7.11 Å². The summed E-state index contributed by atoms with van der Waals surface area (Å²) in [6.45, 7) is 5.18. The van der Waals surface area contributed by atoms with Gasteiger partial charge in [-0.25, -0.2) is 4.79 Å². The fourth-order valence-corrected chi connectivity index (χ4v) is 4.44. The number of carbonyl (C=O) groups is 1. The maximum absolute atomic E-state index is 12.5. The van der Waals surface area contributed by atoms with Crippen LogP contribution in [0, 0.1) is 6.92 Å². The fraction of sp³-hybridized carbons (Fsp3) is 0.276. The fourth-order valence-electron chi connectivity index (χ4n) is 4.44. The van der Waals surface area contributed by atoms with E-state index in [1.807, 2.05) is 54.0 Å². The third kappa shape index (κ3) is 5.32. The highest BCUT2D eigenvalue weighted by Crippen LogP contribution is 2.29. The highest BCUT2D eigenvalue weighted by molar-refractivity contribution is 5.98. The van der Waals surface area contributed by atoms with E-state index in [9.17, 15) is 9.90 Å². The molecule has 0 aliphatic heterocycles. The maximum atomic E-state index is 12.5. The van der Waals surface area contributed by atoms with Crippen LogP contribution in [0.15, 0.2) is 72.8 Å². The lowest BCUT2D eigenvalue weighted by Gasteiger charge is -2.15. The number of rotatable bonds is 10. The molecule has 0 amide bonds. The van der Waals surface area contributed by atoms with Crippen molar-refractivity contribution in [3.05, 3.63) is 101 Å². The monoisotopic (exact) mass is 456 g/mol. The predicted molar refractivity (Wildman–Crippen MR) is 137 cm³/mol. The quantitative estimate of drug-likeness (QED) is 0.316. The molecule has 1 aromatic heterocycles. The molecule has 0 bridgehead atoms. The Morgan fingerprint density at radius 3 is 2.44 bits per heavy atom. The number of ether oxygens (including phenoxy) is 1. The van der Waals surface area contributed by atoms with Crippen molar-refractivity contribution < 1.29 is 14.6 Å². The lowest BCUT2D eigenvalue weighted by atomic mass is 10.1. The van der Waals surface area contributed by atoms with Crippen molar-refractivity contribution >= 4 is 16.9 Å². The van der Waals surface area contributed by atoms with Gasteiger partial charge < -0.3 is 19.7 Å². The van der Waals surface area contributed by atoms with Crippen LogP contribution in [0.2, 0.25) is 0 Å². The van der Waals surface area contributed by atoms with Crippen LogP contribution in [0.25, 0.3) is 10.9 Å². The molecule has 1 atom stereocenters. The molecule has 4 aromatic rings. The molecule has 0 aliphatic carbocycles. The molecule has 0 spiro atoms. The van der Waals surface area contributed by atoms with E-state index in [0.29, 0.717) is 18.8 Å². The molecule has 4 rings (SSSR count). The molecule has 3 aromatic carbocycles. The number of aromatic nitrogens is 1. The van der Waals surface area contributed by atoms with Gasteiger partial charge in [-0.1, -0.05) is 54.6 Å². The summed E-state index contributed by atoms with van der Waals surface area (Å²) in [5.41, 5.74) is 5.57. The van der Waals surface area contributed by atoms with E-state index in [4.69, 9.17) is 4.74 Å². The van der Waals surface area contributed by atoms with Crippen molar-refractivity contribution in [2.24, 2.45) is 0 Å². The SMILES string of the molecule is COc1ccc(Cn2c(C(=O)O)c(CN[C@H](C)CCc3ccccc3)c3ccc(C)cc32)cc1. The molecule has 0 radical (unpaired) electrons. The summed E-state index contributed by atoms with van der Waals surface area (Å²) in [4.78, 5) is 12.5. The van der Waals surface area contributed by atoms with Gasteiger partial charge in [0.25, 0.3) is 0 Å². The van der Waals surface area contributed by atoms with Gasteiger partial charge in [0.1, 0.15) is 11.4 Å². The van der Waals surface area contributed by atoms with Crippen LogP contribution in [0.1, 0.15) is 46.1 Å². The smallest absolute Gasteiger partial charge is 0.352 e. The average Bonchev–Trinajstić information content (AvgIpc) is 3.15. The Morgan fingerprint density at radius 2 is 1.76 bits per heavy atom. The number of hydrogen-bond donors (Lipinski definition) is 2. The van der Waals surface area contributed by atoms with Gasteiger partial charge in [0.05, 0.1) is 7.11 Å². The standard InChI is InChI=1S/C29H32N2O3/c1-20-9-16-25-26(18-30-21(2)10-11-22-7-5-4-6-8-22)28(29(32)33)31(27(25)17-20)19-23-12-14-24(34-3)15-13-23/h4-9,12-17,21,30H,10-11,18-19H2,1-3H3,(H,32,33)/t21-/m1/s1. The first kappa shape index (κ1) is 23.6. The number of aryl methyl sites for hydroxylation is 2. The van der Waals surface area contributed by atoms with Gasteiger partial charge in [0, 0.05) is 35.6 Å². The Balaban J connectivity index is 1.61. The largest absolute Gasteiger partial charge is 0.497 e. The number of carboxylic acid groups (broad SMARTS) is 1. The van der Waals surface area contributed by atoms with E-state index in [1.165, 1.54) is 5.56 Å². The van der Waals surface area contributed by atoms with Crippen molar-refractivity contribution in [1.82, 2.24) is 9.88 Å². The lowest BCUT2D eigenvalue weighted by Crippen LogP contribution is -2.27. The van der Waals surface area contributed by atoms with Crippen LogP contribution in [0.5, 0.6) is 5.75 Å². The number of aromatic carboxylic acids is 1. The molecule has 0 unspecified atom stereocenters. The second-order valence-electron chi connectivity index (χ2n) is 8.89. The zero-order valence-electron chi connectivity index (χ0n) is 20.0. The van der Waals surface area contributed by atoms with Gasteiger partial charge in [0.15, 0.2) is 0 Å². The summed E-state index contributed by atoms with van der Waals surface area (Å²) in [5, 5.41) is 14.8.